The largest absolute Gasteiger partial charge is 0.546 e. The van der Waals surface area contributed by atoms with Crippen LogP contribution in [-0.2, 0) is 4.79 Å². The van der Waals surface area contributed by atoms with Gasteiger partial charge in [0, 0.05) is 4.47 Å². The SMILES string of the molecule is C[C@@H](Oc1ccc(Br)cc1)C(=O)[O-]. The fourth-order valence-corrected chi connectivity index (χ4v) is 1.03. The molecule has 1 aromatic carbocycles. The number of rotatable bonds is 3. The Balaban J connectivity index is 2.64. The molecule has 3 nitrogen and oxygen atoms in total. The van der Waals surface area contributed by atoms with Gasteiger partial charge in [-0.1, -0.05) is 15.9 Å². The van der Waals surface area contributed by atoms with E-state index in [1.54, 1.807) is 24.3 Å². The smallest absolute Gasteiger partial charge is 0.135 e. The standard InChI is InChI=1S/C9H9BrO3/c1-6(9(11)12)13-8-4-2-7(10)3-5-8/h2-6H,1H3,(H,11,12)/p-1/t6-/m1/s1. The van der Waals surface area contributed by atoms with Gasteiger partial charge in [-0.3, -0.25) is 0 Å². The fourth-order valence-electron chi connectivity index (χ4n) is 0.765. The Morgan fingerprint density at radius 3 is 2.46 bits per heavy atom. The molecular weight excluding hydrogens is 236 g/mol. The quantitative estimate of drug-likeness (QED) is 0.795. The van der Waals surface area contributed by atoms with Crippen LogP contribution in [0, 0.1) is 0 Å². The van der Waals surface area contributed by atoms with Gasteiger partial charge in [0.2, 0.25) is 0 Å². The number of benzene rings is 1. The van der Waals surface area contributed by atoms with Crippen LogP contribution in [0.1, 0.15) is 6.92 Å². The zero-order valence-corrected chi connectivity index (χ0v) is 8.58. The second kappa shape index (κ2) is 4.28. The summed E-state index contributed by atoms with van der Waals surface area (Å²) in [4.78, 5) is 10.3. The summed E-state index contributed by atoms with van der Waals surface area (Å²) in [5, 5.41) is 10.3. The maximum Gasteiger partial charge on any atom is 0.135 e. The molecule has 0 bridgehead atoms. The third-order valence-electron chi connectivity index (χ3n) is 1.46. The van der Waals surface area contributed by atoms with Crippen molar-refractivity contribution in [3.05, 3.63) is 28.7 Å². The second-order valence-electron chi connectivity index (χ2n) is 2.53. The molecule has 1 atom stereocenters. The van der Waals surface area contributed by atoms with Gasteiger partial charge in [0.1, 0.15) is 11.9 Å². The lowest BCUT2D eigenvalue weighted by molar-refractivity contribution is -0.312. The molecule has 0 aliphatic rings. The molecule has 0 saturated heterocycles. The van der Waals surface area contributed by atoms with E-state index in [1.165, 1.54) is 6.92 Å². The lowest BCUT2D eigenvalue weighted by Crippen LogP contribution is -2.37. The van der Waals surface area contributed by atoms with Crippen LogP contribution >= 0.6 is 15.9 Å². The first kappa shape index (κ1) is 10.1. The van der Waals surface area contributed by atoms with Crippen LogP contribution < -0.4 is 9.84 Å². The van der Waals surface area contributed by atoms with Crippen LogP contribution in [0.4, 0.5) is 0 Å². The first-order chi connectivity index (χ1) is 6.09. The summed E-state index contributed by atoms with van der Waals surface area (Å²) in [5.41, 5.74) is 0. The number of hydrogen-bond acceptors (Lipinski definition) is 3. The van der Waals surface area contributed by atoms with Gasteiger partial charge in [-0.15, -0.1) is 0 Å². The minimum absolute atomic E-state index is 0.514. The average molecular weight is 244 g/mol. The maximum atomic E-state index is 10.3. The Kier molecular flexibility index (Phi) is 3.31. The molecule has 0 unspecified atom stereocenters. The van der Waals surface area contributed by atoms with E-state index >= 15 is 0 Å². The van der Waals surface area contributed by atoms with E-state index in [9.17, 15) is 9.90 Å². The fraction of sp³-hybridized carbons (Fsp3) is 0.222. The Morgan fingerprint density at radius 2 is 2.00 bits per heavy atom. The van der Waals surface area contributed by atoms with Crippen LogP contribution in [0.15, 0.2) is 28.7 Å². The molecule has 4 heteroatoms. The van der Waals surface area contributed by atoms with Crippen LogP contribution in [0.5, 0.6) is 5.75 Å². The molecule has 70 valence electrons. The molecule has 0 saturated carbocycles. The third kappa shape index (κ3) is 3.06. The van der Waals surface area contributed by atoms with E-state index in [-0.39, 0.29) is 0 Å². The first-order valence-electron chi connectivity index (χ1n) is 3.72. The maximum absolute atomic E-state index is 10.3. The highest BCUT2D eigenvalue weighted by molar-refractivity contribution is 9.10. The Morgan fingerprint density at radius 1 is 1.46 bits per heavy atom. The van der Waals surface area contributed by atoms with E-state index in [0.29, 0.717) is 5.75 Å². The van der Waals surface area contributed by atoms with Crippen molar-refractivity contribution in [1.82, 2.24) is 0 Å². The average Bonchev–Trinajstić information content (AvgIpc) is 2.08. The van der Waals surface area contributed by atoms with Gasteiger partial charge in [-0.05, 0) is 31.2 Å². The number of carboxylic acid groups (broad SMARTS) is 1. The van der Waals surface area contributed by atoms with Crippen molar-refractivity contribution in [3.63, 3.8) is 0 Å². The summed E-state index contributed by atoms with van der Waals surface area (Å²) < 4.78 is 5.97. The number of ether oxygens (including phenoxy) is 1. The summed E-state index contributed by atoms with van der Waals surface area (Å²) in [6, 6.07) is 6.92. The number of carbonyl (C=O) groups excluding carboxylic acids is 1. The van der Waals surface area contributed by atoms with Crippen LogP contribution in [0.2, 0.25) is 0 Å². The molecule has 1 rings (SSSR count). The first-order valence-corrected chi connectivity index (χ1v) is 4.52. The molecule has 13 heavy (non-hydrogen) atoms. The van der Waals surface area contributed by atoms with E-state index < -0.39 is 12.1 Å². The Bertz CT molecular complexity index is 294. The highest BCUT2D eigenvalue weighted by Crippen LogP contribution is 2.16. The molecule has 0 aliphatic heterocycles. The van der Waals surface area contributed by atoms with E-state index in [4.69, 9.17) is 4.74 Å². The van der Waals surface area contributed by atoms with Crippen LogP contribution in [0.25, 0.3) is 0 Å². The van der Waals surface area contributed by atoms with Crippen molar-refractivity contribution in [2.75, 3.05) is 0 Å². The number of aliphatic carboxylic acids is 1. The molecule has 0 aliphatic carbocycles. The number of carboxylic acids is 1. The number of halogens is 1. The highest BCUT2D eigenvalue weighted by Gasteiger charge is 2.03. The minimum atomic E-state index is -1.22. The highest BCUT2D eigenvalue weighted by atomic mass is 79.9. The van der Waals surface area contributed by atoms with E-state index in [1.807, 2.05) is 0 Å². The molecule has 0 fully saturated rings. The van der Waals surface area contributed by atoms with Crippen LogP contribution in [0.3, 0.4) is 0 Å². The molecule has 0 radical (unpaired) electrons. The van der Waals surface area contributed by atoms with Crippen molar-refractivity contribution < 1.29 is 14.6 Å². The van der Waals surface area contributed by atoms with Gasteiger partial charge in [0.05, 0.1) is 5.97 Å². The van der Waals surface area contributed by atoms with Gasteiger partial charge in [-0.2, -0.15) is 0 Å². The van der Waals surface area contributed by atoms with Crippen molar-refractivity contribution >= 4 is 21.9 Å². The lowest BCUT2D eigenvalue weighted by Gasteiger charge is -2.14. The summed E-state index contributed by atoms with van der Waals surface area (Å²) in [6.45, 7) is 1.43. The minimum Gasteiger partial charge on any atom is -0.546 e. The second-order valence-corrected chi connectivity index (χ2v) is 3.45. The van der Waals surface area contributed by atoms with Crippen LogP contribution in [-0.4, -0.2) is 12.1 Å². The summed E-state index contributed by atoms with van der Waals surface area (Å²) in [6.07, 6.45) is -0.929. The van der Waals surface area contributed by atoms with Crippen molar-refractivity contribution in [1.29, 1.82) is 0 Å². The summed E-state index contributed by atoms with van der Waals surface area (Å²) >= 11 is 3.26. The molecule has 0 aromatic heterocycles. The summed E-state index contributed by atoms with van der Waals surface area (Å²) in [5.74, 6) is -0.706. The molecule has 0 N–H and O–H groups in total. The lowest BCUT2D eigenvalue weighted by atomic mass is 10.3. The predicted octanol–water partition coefficient (Wildman–Crippen LogP) is 0.966. The molecule has 0 spiro atoms. The molecular formula is C9H8BrO3-. The normalized spacial score (nSPS) is 12.2. The molecule has 0 amide bonds. The van der Waals surface area contributed by atoms with Gasteiger partial charge >= 0.3 is 0 Å². The van der Waals surface area contributed by atoms with E-state index in [0.717, 1.165) is 4.47 Å². The van der Waals surface area contributed by atoms with Crippen molar-refractivity contribution in [2.24, 2.45) is 0 Å². The topological polar surface area (TPSA) is 49.4 Å². The zero-order chi connectivity index (χ0) is 9.84. The van der Waals surface area contributed by atoms with Crippen molar-refractivity contribution in [2.45, 2.75) is 13.0 Å². The van der Waals surface area contributed by atoms with Gasteiger partial charge < -0.3 is 14.6 Å². The summed E-state index contributed by atoms with van der Waals surface area (Å²) in [7, 11) is 0. The van der Waals surface area contributed by atoms with Gasteiger partial charge in [-0.25, -0.2) is 0 Å². The molecule has 0 heterocycles. The number of hydrogen-bond donors (Lipinski definition) is 0. The van der Waals surface area contributed by atoms with Gasteiger partial charge in [0.15, 0.2) is 0 Å². The monoisotopic (exact) mass is 243 g/mol. The van der Waals surface area contributed by atoms with E-state index in [2.05, 4.69) is 15.9 Å². The van der Waals surface area contributed by atoms with Crippen molar-refractivity contribution in [3.8, 4) is 5.75 Å². The zero-order valence-electron chi connectivity index (χ0n) is 6.99. The Labute approximate surface area is 84.5 Å². The molecule has 1 aromatic rings. The van der Waals surface area contributed by atoms with Gasteiger partial charge in [0.25, 0.3) is 0 Å². The third-order valence-corrected chi connectivity index (χ3v) is 1.99. The predicted molar refractivity (Wildman–Crippen MR) is 49.2 cm³/mol. The Hall–Kier alpha value is -1.03. The number of carbonyl (C=O) groups is 1.